The van der Waals surface area contributed by atoms with Crippen LogP contribution in [0.25, 0.3) is 10.2 Å². The van der Waals surface area contributed by atoms with E-state index in [9.17, 15) is 4.79 Å². The molecule has 1 unspecified atom stereocenters. The largest absolute Gasteiger partial charge is 0.496 e. The standard InChI is InChI=1S/C18H14N4O2S/c1-24-14-4-2-3-11-17(14)13(9-20-11)22-18(23)10-5-6-15-12(7-10)21-16(8-19)25-15/h2-7,13,20H,9H2,1H3,(H,22,23). The van der Waals surface area contributed by atoms with E-state index in [0.717, 1.165) is 21.7 Å². The molecule has 4 rings (SSSR count). The summed E-state index contributed by atoms with van der Waals surface area (Å²) in [6, 6.07) is 12.9. The van der Waals surface area contributed by atoms with E-state index in [-0.39, 0.29) is 11.9 Å². The average molecular weight is 350 g/mol. The number of carbonyl (C=O) groups excluding carboxylic acids is 1. The number of methoxy groups -OCH3 is 1. The van der Waals surface area contributed by atoms with Gasteiger partial charge in [0.1, 0.15) is 11.8 Å². The molecule has 2 N–H and O–H groups in total. The minimum absolute atomic E-state index is 0.167. The highest BCUT2D eigenvalue weighted by Gasteiger charge is 2.27. The molecule has 2 heterocycles. The Balaban J connectivity index is 1.61. The number of rotatable bonds is 3. The van der Waals surface area contributed by atoms with Gasteiger partial charge in [0.05, 0.1) is 23.4 Å². The fourth-order valence-corrected chi connectivity index (χ4v) is 3.77. The summed E-state index contributed by atoms with van der Waals surface area (Å²) in [6.45, 7) is 0.610. The van der Waals surface area contributed by atoms with Crippen molar-refractivity contribution in [1.29, 1.82) is 5.26 Å². The lowest BCUT2D eigenvalue weighted by Crippen LogP contribution is -2.29. The number of hydrogen-bond donors (Lipinski definition) is 2. The zero-order valence-electron chi connectivity index (χ0n) is 13.4. The molecule has 0 bridgehead atoms. The minimum Gasteiger partial charge on any atom is -0.496 e. The van der Waals surface area contributed by atoms with Gasteiger partial charge in [-0.1, -0.05) is 6.07 Å². The Morgan fingerprint density at radius 3 is 3.12 bits per heavy atom. The van der Waals surface area contributed by atoms with Gasteiger partial charge in [-0.2, -0.15) is 5.26 Å². The van der Waals surface area contributed by atoms with Gasteiger partial charge < -0.3 is 15.4 Å². The fourth-order valence-electron chi connectivity index (χ4n) is 3.03. The molecule has 1 atom stereocenters. The molecule has 1 aromatic heterocycles. The maximum Gasteiger partial charge on any atom is 0.251 e. The van der Waals surface area contributed by atoms with E-state index >= 15 is 0 Å². The molecule has 0 saturated carbocycles. The Hall–Kier alpha value is -3.11. The van der Waals surface area contributed by atoms with Gasteiger partial charge in [-0.15, -0.1) is 11.3 Å². The topological polar surface area (TPSA) is 87.0 Å². The molecule has 0 saturated heterocycles. The van der Waals surface area contributed by atoms with Gasteiger partial charge in [-0.25, -0.2) is 4.98 Å². The summed E-state index contributed by atoms with van der Waals surface area (Å²) in [5.41, 5.74) is 3.11. The first kappa shape index (κ1) is 15.4. The molecular formula is C18H14N4O2S. The molecular weight excluding hydrogens is 336 g/mol. The van der Waals surface area contributed by atoms with Crippen LogP contribution in [0.15, 0.2) is 36.4 Å². The SMILES string of the molecule is COc1cccc2c1C(NC(=O)c1ccc3sc(C#N)nc3c1)CN2. The van der Waals surface area contributed by atoms with Crippen LogP contribution in [0.5, 0.6) is 5.75 Å². The summed E-state index contributed by atoms with van der Waals surface area (Å²) in [4.78, 5) is 16.9. The number of anilines is 1. The molecule has 0 spiro atoms. The molecule has 124 valence electrons. The molecule has 1 aliphatic heterocycles. The number of benzene rings is 2. The molecule has 6 nitrogen and oxygen atoms in total. The number of hydrogen-bond acceptors (Lipinski definition) is 6. The molecule has 7 heteroatoms. The van der Waals surface area contributed by atoms with Crippen LogP contribution in [0.1, 0.15) is 27.0 Å². The smallest absolute Gasteiger partial charge is 0.251 e. The Morgan fingerprint density at radius 2 is 2.32 bits per heavy atom. The first-order chi connectivity index (χ1) is 12.2. The number of nitrogens with zero attached hydrogens (tertiary/aromatic N) is 2. The van der Waals surface area contributed by atoms with E-state index in [2.05, 4.69) is 15.6 Å². The van der Waals surface area contributed by atoms with Crippen LogP contribution in [-0.2, 0) is 0 Å². The Bertz CT molecular complexity index is 1020. The quantitative estimate of drug-likeness (QED) is 0.758. The van der Waals surface area contributed by atoms with Gasteiger partial charge in [0.15, 0.2) is 5.01 Å². The third kappa shape index (κ3) is 2.66. The van der Waals surface area contributed by atoms with Crippen molar-refractivity contribution >= 4 is 33.1 Å². The van der Waals surface area contributed by atoms with Crippen molar-refractivity contribution < 1.29 is 9.53 Å². The van der Waals surface area contributed by atoms with Crippen molar-refractivity contribution in [3.8, 4) is 11.8 Å². The van der Waals surface area contributed by atoms with E-state index in [1.807, 2.05) is 30.3 Å². The molecule has 0 aliphatic carbocycles. The van der Waals surface area contributed by atoms with Gasteiger partial charge in [0.2, 0.25) is 0 Å². The summed E-state index contributed by atoms with van der Waals surface area (Å²) in [7, 11) is 1.62. The third-order valence-corrected chi connectivity index (χ3v) is 5.12. The van der Waals surface area contributed by atoms with E-state index in [4.69, 9.17) is 10.00 Å². The second-order valence-corrected chi connectivity index (χ2v) is 6.67. The van der Waals surface area contributed by atoms with Crippen LogP contribution in [0.2, 0.25) is 0 Å². The lowest BCUT2D eigenvalue weighted by Gasteiger charge is -2.15. The average Bonchev–Trinajstić information content (AvgIpc) is 3.24. The van der Waals surface area contributed by atoms with Gasteiger partial charge in [0, 0.05) is 23.4 Å². The highest BCUT2D eigenvalue weighted by molar-refractivity contribution is 7.19. The highest BCUT2D eigenvalue weighted by Crippen LogP contribution is 2.37. The van der Waals surface area contributed by atoms with Crippen molar-refractivity contribution in [3.63, 3.8) is 0 Å². The van der Waals surface area contributed by atoms with Gasteiger partial charge in [-0.3, -0.25) is 4.79 Å². The number of thiazole rings is 1. The molecule has 1 amide bonds. The van der Waals surface area contributed by atoms with Crippen LogP contribution in [-0.4, -0.2) is 24.5 Å². The number of aromatic nitrogens is 1. The van der Waals surface area contributed by atoms with Crippen LogP contribution in [0, 0.1) is 11.3 Å². The van der Waals surface area contributed by atoms with Crippen molar-refractivity contribution in [2.45, 2.75) is 6.04 Å². The zero-order chi connectivity index (χ0) is 17.4. The molecule has 3 aromatic rings. The van der Waals surface area contributed by atoms with E-state index in [0.29, 0.717) is 22.6 Å². The fraction of sp³-hybridized carbons (Fsp3) is 0.167. The van der Waals surface area contributed by atoms with Crippen LogP contribution in [0.3, 0.4) is 0 Å². The van der Waals surface area contributed by atoms with E-state index in [1.54, 1.807) is 19.2 Å². The molecule has 0 fully saturated rings. The minimum atomic E-state index is -0.182. The van der Waals surface area contributed by atoms with Crippen LogP contribution in [0.4, 0.5) is 5.69 Å². The zero-order valence-corrected chi connectivity index (χ0v) is 14.2. The number of fused-ring (bicyclic) bond motifs is 2. The summed E-state index contributed by atoms with van der Waals surface area (Å²) in [5.74, 6) is 0.570. The van der Waals surface area contributed by atoms with Gasteiger partial charge in [-0.05, 0) is 30.3 Å². The van der Waals surface area contributed by atoms with E-state index < -0.39 is 0 Å². The normalized spacial score (nSPS) is 15.3. The molecule has 2 aromatic carbocycles. The maximum atomic E-state index is 12.7. The molecule has 0 radical (unpaired) electrons. The Kier molecular flexibility index (Phi) is 3.75. The number of nitriles is 1. The predicted octanol–water partition coefficient (Wildman–Crippen LogP) is 3.07. The highest BCUT2D eigenvalue weighted by atomic mass is 32.1. The maximum absolute atomic E-state index is 12.7. The predicted molar refractivity (Wildman–Crippen MR) is 96.0 cm³/mol. The summed E-state index contributed by atoms with van der Waals surface area (Å²) in [6.07, 6.45) is 0. The first-order valence-corrected chi connectivity index (χ1v) is 8.53. The van der Waals surface area contributed by atoms with Crippen molar-refractivity contribution in [3.05, 3.63) is 52.5 Å². The van der Waals surface area contributed by atoms with Crippen molar-refractivity contribution in [1.82, 2.24) is 10.3 Å². The monoisotopic (exact) mass is 350 g/mol. The lowest BCUT2D eigenvalue weighted by atomic mass is 10.1. The second kappa shape index (κ2) is 6.07. The van der Waals surface area contributed by atoms with Crippen LogP contribution < -0.4 is 15.4 Å². The van der Waals surface area contributed by atoms with Gasteiger partial charge in [0.25, 0.3) is 5.91 Å². The number of nitrogens with one attached hydrogen (secondary N) is 2. The van der Waals surface area contributed by atoms with Crippen molar-refractivity contribution in [2.24, 2.45) is 0 Å². The molecule has 1 aliphatic rings. The second-order valence-electron chi connectivity index (χ2n) is 5.64. The van der Waals surface area contributed by atoms with E-state index in [1.165, 1.54) is 11.3 Å². The van der Waals surface area contributed by atoms with Gasteiger partial charge >= 0.3 is 0 Å². The summed E-state index contributed by atoms with van der Waals surface area (Å²) >= 11 is 1.32. The van der Waals surface area contributed by atoms with Crippen molar-refractivity contribution in [2.75, 3.05) is 19.0 Å². The first-order valence-electron chi connectivity index (χ1n) is 7.72. The summed E-state index contributed by atoms with van der Waals surface area (Å²) < 4.78 is 6.31. The number of carbonyl (C=O) groups is 1. The third-order valence-electron chi connectivity index (χ3n) is 4.18. The number of ether oxygens (including phenoxy) is 1. The summed E-state index contributed by atoms with van der Waals surface area (Å²) in [5, 5.41) is 15.7. The Labute approximate surface area is 148 Å². The Morgan fingerprint density at radius 1 is 1.44 bits per heavy atom. The lowest BCUT2D eigenvalue weighted by molar-refractivity contribution is 0.0939. The number of amides is 1. The van der Waals surface area contributed by atoms with Crippen LogP contribution >= 0.6 is 11.3 Å². The molecule has 25 heavy (non-hydrogen) atoms.